The Bertz CT molecular complexity index is 532. The van der Waals surface area contributed by atoms with E-state index >= 15 is 0 Å². The number of nitrogens with zero attached hydrogens (tertiary/aromatic N) is 1. The van der Waals surface area contributed by atoms with Crippen LogP contribution in [-0.2, 0) is 10.2 Å². The predicted octanol–water partition coefficient (Wildman–Crippen LogP) is 2.93. The largest absolute Gasteiger partial charge is 0.330 e. The minimum Gasteiger partial charge on any atom is -0.330 e. The number of fused-ring (bicyclic) bond motifs is 1. The fourth-order valence-corrected chi connectivity index (χ4v) is 3.92. The highest BCUT2D eigenvalue weighted by Crippen LogP contribution is 2.43. The molecule has 1 aromatic rings. The number of rotatable bonds is 2. The Labute approximate surface area is 121 Å². The maximum Gasteiger partial charge on any atom is 0.234 e. The first-order valence-corrected chi connectivity index (χ1v) is 7.71. The molecule has 2 N–H and O–H groups in total. The summed E-state index contributed by atoms with van der Waals surface area (Å²) >= 11 is 0. The summed E-state index contributed by atoms with van der Waals surface area (Å²) in [7, 11) is 1.86. The number of hydrogen-bond donors (Lipinski definition) is 1. The van der Waals surface area contributed by atoms with E-state index in [4.69, 9.17) is 5.73 Å². The topological polar surface area (TPSA) is 46.3 Å². The van der Waals surface area contributed by atoms with Crippen LogP contribution in [0.1, 0.15) is 56.1 Å². The molecular weight excluding hydrogens is 248 g/mol. The van der Waals surface area contributed by atoms with Crippen LogP contribution in [0.25, 0.3) is 0 Å². The van der Waals surface area contributed by atoms with Crippen molar-refractivity contribution >= 4 is 11.6 Å². The minimum atomic E-state index is -0.0200. The van der Waals surface area contributed by atoms with Crippen molar-refractivity contribution < 1.29 is 4.79 Å². The molecule has 1 fully saturated rings. The van der Waals surface area contributed by atoms with Gasteiger partial charge < -0.3 is 10.6 Å². The molecular formula is C17H24N2O. The Kier molecular flexibility index (Phi) is 3.33. The van der Waals surface area contributed by atoms with Gasteiger partial charge in [0.2, 0.25) is 5.91 Å². The normalized spacial score (nSPS) is 24.9. The predicted molar refractivity (Wildman–Crippen MR) is 82.1 cm³/mol. The van der Waals surface area contributed by atoms with Gasteiger partial charge >= 0.3 is 0 Å². The lowest BCUT2D eigenvalue weighted by atomic mass is 9.69. The molecule has 1 atom stereocenters. The number of nitrogens with two attached hydrogens (primary N) is 1. The van der Waals surface area contributed by atoms with E-state index in [1.54, 1.807) is 4.90 Å². The van der Waals surface area contributed by atoms with E-state index in [1.165, 1.54) is 43.2 Å². The molecule has 0 spiro atoms. The summed E-state index contributed by atoms with van der Waals surface area (Å²) in [5.74, 6) is 0.177. The molecule has 20 heavy (non-hydrogen) atoms. The monoisotopic (exact) mass is 272 g/mol. The van der Waals surface area contributed by atoms with Gasteiger partial charge in [-0.1, -0.05) is 31.4 Å². The van der Waals surface area contributed by atoms with E-state index in [2.05, 4.69) is 18.2 Å². The number of hydrogen-bond acceptors (Lipinski definition) is 2. The van der Waals surface area contributed by atoms with Gasteiger partial charge in [0.1, 0.15) is 0 Å². The molecule has 3 nitrogen and oxygen atoms in total. The molecule has 1 aliphatic carbocycles. The molecule has 0 bridgehead atoms. The molecule has 3 rings (SSSR count). The van der Waals surface area contributed by atoms with E-state index in [1.807, 2.05) is 14.0 Å². The van der Waals surface area contributed by atoms with Crippen molar-refractivity contribution in [3.63, 3.8) is 0 Å². The summed E-state index contributed by atoms with van der Waals surface area (Å²) in [5.41, 5.74) is 9.84. The molecule has 1 aliphatic heterocycles. The number of likely N-dealkylation sites (N-methyl/N-ethyl adjacent to an activating group) is 1. The summed E-state index contributed by atoms with van der Waals surface area (Å²) in [5, 5.41) is 0. The SMILES string of the molecule is CC1C(=O)N(C)c2ccc(C3(CN)CCCCC3)cc21. The van der Waals surface area contributed by atoms with Crippen LogP contribution in [0.4, 0.5) is 5.69 Å². The van der Waals surface area contributed by atoms with Crippen LogP contribution in [0.5, 0.6) is 0 Å². The minimum absolute atomic E-state index is 0.0200. The highest BCUT2D eigenvalue weighted by Gasteiger charge is 2.36. The molecule has 3 heteroatoms. The van der Waals surface area contributed by atoms with Crippen LogP contribution >= 0.6 is 0 Å². The first kappa shape index (κ1) is 13.6. The third-order valence-corrected chi connectivity index (χ3v) is 5.37. The fourth-order valence-electron chi connectivity index (χ4n) is 3.92. The third-order valence-electron chi connectivity index (χ3n) is 5.37. The number of benzene rings is 1. The molecule has 1 aromatic carbocycles. The van der Waals surface area contributed by atoms with E-state index < -0.39 is 0 Å². The average Bonchev–Trinajstić information content (AvgIpc) is 2.72. The zero-order chi connectivity index (χ0) is 14.3. The second-order valence-electron chi connectivity index (χ2n) is 6.44. The van der Waals surface area contributed by atoms with Gasteiger partial charge in [0.15, 0.2) is 0 Å². The van der Waals surface area contributed by atoms with Gasteiger partial charge in [-0.2, -0.15) is 0 Å². The number of amides is 1. The standard InChI is InChI=1S/C17H24N2O/c1-12-14-10-13(6-7-15(14)19(2)16(12)20)17(11-18)8-4-3-5-9-17/h6-7,10,12H,3-5,8-9,11,18H2,1-2H3. The van der Waals surface area contributed by atoms with Gasteiger partial charge in [0.25, 0.3) is 0 Å². The maximum absolute atomic E-state index is 12.1. The summed E-state index contributed by atoms with van der Waals surface area (Å²) in [6, 6.07) is 6.55. The van der Waals surface area contributed by atoms with E-state index in [0.717, 1.165) is 5.69 Å². The van der Waals surface area contributed by atoms with Gasteiger partial charge in [-0.05, 0) is 37.0 Å². The zero-order valence-corrected chi connectivity index (χ0v) is 12.5. The molecule has 108 valence electrons. The van der Waals surface area contributed by atoms with Crippen LogP contribution in [0.2, 0.25) is 0 Å². The number of carbonyl (C=O) groups excluding carboxylic acids is 1. The van der Waals surface area contributed by atoms with Crippen molar-refractivity contribution in [3.8, 4) is 0 Å². The number of carbonyl (C=O) groups is 1. The van der Waals surface area contributed by atoms with Crippen molar-refractivity contribution in [2.24, 2.45) is 5.73 Å². The summed E-state index contributed by atoms with van der Waals surface area (Å²) in [4.78, 5) is 13.9. The van der Waals surface area contributed by atoms with Gasteiger partial charge in [0, 0.05) is 24.7 Å². The Morgan fingerprint density at radius 2 is 2.00 bits per heavy atom. The summed E-state index contributed by atoms with van der Waals surface area (Å²) in [6.45, 7) is 2.72. The molecule has 0 saturated heterocycles. The van der Waals surface area contributed by atoms with Crippen molar-refractivity contribution in [1.29, 1.82) is 0 Å². The fraction of sp³-hybridized carbons (Fsp3) is 0.588. The number of anilines is 1. The van der Waals surface area contributed by atoms with Gasteiger partial charge in [-0.25, -0.2) is 0 Å². The van der Waals surface area contributed by atoms with Gasteiger partial charge in [0.05, 0.1) is 5.92 Å². The summed E-state index contributed by atoms with van der Waals surface area (Å²) in [6.07, 6.45) is 6.22. The van der Waals surface area contributed by atoms with Gasteiger partial charge in [-0.15, -0.1) is 0 Å². The van der Waals surface area contributed by atoms with Crippen LogP contribution in [0.3, 0.4) is 0 Å². The third kappa shape index (κ3) is 1.87. The molecule has 0 radical (unpaired) electrons. The Morgan fingerprint density at radius 3 is 2.65 bits per heavy atom. The van der Waals surface area contributed by atoms with Crippen molar-refractivity contribution in [1.82, 2.24) is 0 Å². The molecule has 0 aromatic heterocycles. The molecule has 1 heterocycles. The van der Waals surface area contributed by atoms with Crippen LogP contribution < -0.4 is 10.6 Å². The second kappa shape index (κ2) is 4.88. The lowest BCUT2D eigenvalue weighted by Gasteiger charge is -2.37. The highest BCUT2D eigenvalue weighted by atomic mass is 16.2. The quantitative estimate of drug-likeness (QED) is 0.899. The van der Waals surface area contributed by atoms with Crippen LogP contribution in [0, 0.1) is 0 Å². The molecule has 1 unspecified atom stereocenters. The second-order valence-corrected chi connectivity index (χ2v) is 6.44. The zero-order valence-electron chi connectivity index (χ0n) is 12.5. The highest BCUT2D eigenvalue weighted by molar-refractivity contribution is 6.04. The maximum atomic E-state index is 12.1. The van der Waals surface area contributed by atoms with Crippen LogP contribution in [-0.4, -0.2) is 19.5 Å². The van der Waals surface area contributed by atoms with Crippen molar-refractivity contribution in [3.05, 3.63) is 29.3 Å². The average molecular weight is 272 g/mol. The lowest BCUT2D eigenvalue weighted by molar-refractivity contribution is -0.118. The van der Waals surface area contributed by atoms with Crippen LogP contribution in [0.15, 0.2) is 18.2 Å². The lowest BCUT2D eigenvalue weighted by Crippen LogP contribution is -2.37. The Balaban J connectivity index is 2.03. The van der Waals surface area contributed by atoms with Crippen molar-refractivity contribution in [2.75, 3.05) is 18.5 Å². The first-order chi connectivity index (χ1) is 9.59. The molecule has 2 aliphatic rings. The smallest absolute Gasteiger partial charge is 0.234 e. The molecule has 1 saturated carbocycles. The Morgan fingerprint density at radius 1 is 1.30 bits per heavy atom. The van der Waals surface area contributed by atoms with E-state index in [9.17, 15) is 4.79 Å². The van der Waals surface area contributed by atoms with E-state index in [0.29, 0.717) is 6.54 Å². The van der Waals surface area contributed by atoms with E-state index in [-0.39, 0.29) is 17.2 Å². The molecule has 1 amide bonds. The van der Waals surface area contributed by atoms with Gasteiger partial charge in [-0.3, -0.25) is 4.79 Å². The Hall–Kier alpha value is -1.35. The summed E-state index contributed by atoms with van der Waals surface area (Å²) < 4.78 is 0. The first-order valence-electron chi connectivity index (χ1n) is 7.71. The van der Waals surface area contributed by atoms with Crippen molar-refractivity contribution in [2.45, 2.75) is 50.4 Å².